The molecular weight excluding hydrogens is 231 g/mol. The van der Waals surface area contributed by atoms with Crippen molar-refractivity contribution < 1.29 is 8.81 Å². The van der Waals surface area contributed by atoms with Gasteiger partial charge in [0.15, 0.2) is 0 Å². The normalized spacial score (nSPS) is 10.7. The van der Waals surface area contributed by atoms with Gasteiger partial charge in [-0.3, -0.25) is 0 Å². The Kier molecular flexibility index (Phi) is 2.41. The number of nitrogens with one attached hydrogen (secondary N) is 1. The molecule has 1 heterocycles. The van der Waals surface area contributed by atoms with Crippen molar-refractivity contribution in [2.75, 3.05) is 11.1 Å². The lowest BCUT2D eigenvalue weighted by Gasteiger charge is -2.07. The number of hydrogen-bond acceptors (Lipinski definition) is 3. The van der Waals surface area contributed by atoms with Gasteiger partial charge >= 0.3 is 0 Å². The lowest BCUT2D eigenvalue weighted by Crippen LogP contribution is -1.96. The molecule has 0 spiro atoms. The van der Waals surface area contributed by atoms with Crippen LogP contribution in [-0.2, 0) is 0 Å². The van der Waals surface area contributed by atoms with Gasteiger partial charge in [0.2, 0.25) is 0 Å². The van der Waals surface area contributed by atoms with Gasteiger partial charge in [-0.05, 0) is 30.3 Å². The van der Waals surface area contributed by atoms with Crippen LogP contribution in [0.1, 0.15) is 0 Å². The smallest absolute Gasteiger partial charge is 0.136 e. The molecule has 1 aromatic heterocycles. The van der Waals surface area contributed by atoms with Crippen LogP contribution in [0.4, 0.5) is 21.5 Å². The van der Waals surface area contributed by atoms with E-state index >= 15 is 0 Å². The predicted octanol–water partition coefficient (Wildman–Crippen LogP) is 3.90. The van der Waals surface area contributed by atoms with E-state index in [9.17, 15) is 4.39 Å². The molecule has 0 aliphatic carbocycles. The molecule has 18 heavy (non-hydrogen) atoms. The Morgan fingerprint density at radius 2 is 1.89 bits per heavy atom. The van der Waals surface area contributed by atoms with Crippen molar-refractivity contribution in [3.8, 4) is 0 Å². The third kappa shape index (κ3) is 1.78. The molecule has 0 unspecified atom stereocenters. The van der Waals surface area contributed by atoms with E-state index in [0.29, 0.717) is 11.4 Å². The molecule has 3 rings (SSSR count). The fourth-order valence-electron chi connectivity index (χ4n) is 1.86. The largest absolute Gasteiger partial charge is 0.462 e. The quantitative estimate of drug-likeness (QED) is 0.670. The number of benzene rings is 2. The van der Waals surface area contributed by atoms with E-state index in [-0.39, 0.29) is 5.82 Å². The van der Waals surface area contributed by atoms with Gasteiger partial charge in [-0.2, -0.15) is 0 Å². The van der Waals surface area contributed by atoms with Crippen molar-refractivity contribution in [2.24, 2.45) is 0 Å². The molecule has 0 saturated carbocycles. The first-order chi connectivity index (χ1) is 8.74. The Bertz CT molecular complexity index is 706. The van der Waals surface area contributed by atoms with Crippen molar-refractivity contribution in [1.29, 1.82) is 0 Å². The van der Waals surface area contributed by atoms with Crippen LogP contribution in [0.5, 0.6) is 0 Å². The molecule has 2 aromatic carbocycles. The van der Waals surface area contributed by atoms with Crippen molar-refractivity contribution in [1.82, 2.24) is 0 Å². The molecule has 0 bridgehead atoms. The number of rotatable bonds is 2. The Morgan fingerprint density at radius 3 is 2.78 bits per heavy atom. The minimum Gasteiger partial charge on any atom is -0.462 e. The summed E-state index contributed by atoms with van der Waals surface area (Å²) in [6, 6.07) is 11.8. The third-order valence-corrected chi connectivity index (χ3v) is 2.77. The molecular formula is C14H11FN2O. The van der Waals surface area contributed by atoms with Crippen LogP contribution in [0.15, 0.2) is 53.1 Å². The van der Waals surface area contributed by atoms with Crippen LogP contribution in [0.25, 0.3) is 11.0 Å². The SMILES string of the molecule is Nc1ccc(F)cc1Nc1coc2ccccc12. The standard InChI is InChI=1S/C14H11FN2O/c15-9-5-6-11(16)12(7-9)17-13-8-18-14-4-2-1-3-10(13)14/h1-8,17H,16H2. The Morgan fingerprint density at radius 1 is 1.06 bits per heavy atom. The van der Waals surface area contributed by atoms with Gasteiger partial charge in [-0.1, -0.05) is 12.1 Å². The summed E-state index contributed by atoms with van der Waals surface area (Å²) in [6.07, 6.45) is 1.59. The first-order valence-electron chi connectivity index (χ1n) is 5.52. The summed E-state index contributed by atoms with van der Waals surface area (Å²) >= 11 is 0. The number of para-hydroxylation sites is 1. The number of halogens is 1. The zero-order chi connectivity index (χ0) is 12.5. The Balaban J connectivity index is 2.04. The van der Waals surface area contributed by atoms with Crippen LogP contribution in [0.3, 0.4) is 0 Å². The van der Waals surface area contributed by atoms with Crippen molar-refractivity contribution in [3.63, 3.8) is 0 Å². The van der Waals surface area contributed by atoms with E-state index in [2.05, 4.69) is 5.32 Å². The molecule has 3 N–H and O–H groups in total. The molecule has 90 valence electrons. The van der Waals surface area contributed by atoms with Crippen molar-refractivity contribution >= 4 is 28.0 Å². The van der Waals surface area contributed by atoms with E-state index < -0.39 is 0 Å². The second kappa shape index (κ2) is 4.07. The topological polar surface area (TPSA) is 51.2 Å². The van der Waals surface area contributed by atoms with Gasteiger partial charge in [0.05, 0.1) is 17.1 Å². The molecule has 0 aliphatic heterocycles. The van der Waals surface area contributed by atoms with E-state index in [1.54, 1.807) is 6.26 Å². The summed E-state index contributed by atoms with van der Waals surface area (Å²) in [7, 11) is 0. The average Bonchev–Trinajstić information content (AvgIpc) is 2.78. The first kappa shape index (κ1) is 10.7. The van der Waals surface area contributed by atoms with E-state index in [1.807, 2.05) is 24.3 Å². The Hall–Kier alpha value is -2.49. The van der Waals surface area contributed by atoms with Crippen molar-refractivity contribution in [3.05, 3.63) is 54.5 Å². The molecule has 3 aromatic rings. The number of furan rings is 1. The zero-order valence-corrected chi connectivity index (χ0v) is 9.48. The molecule has 0 fully saturated rings. The predicted molar refractivity (Wildman–Crippen MR) is 70.3 cm³/mol. The highest BCUT2D eigenvalue weighted by Gasteiger charge is 2.07. The first-order valence-corrected chi connectivity index (χ1v) is 5.52. The second-order valence-electron chi connectivity index (χ2n) is 4.00. The minimum atomic E-state index is -0.334. The van der Waals surface area contributed by atoms with Crippen LogP contribution in [0.2, 0.25) is 0 Å². The molecule has 3 nitrogen and oxygen atoms in total. The highest BCUT2D eigenvalue weighted by atomic mass is 19.1. The summed E-state index contributed by atoms with van der Waals surface area (Å²) in [5, 5.41) is 4.01. The molecule has 0 amide bonds. The van der Waals surface area contributed by atoms with Gasteiger partial charge in [0.1, 0.15) is 17.7 Å². The van der Waals surface area contributed by atoms with Gasteiger partial charge in [0.25, 0.3) is 0 Å². The van der Waals surface area contributed by atoms with Gasteiger partial charge in [-0.25, -0.2) is 4.39 Å². The number of nitrogen functional groups attached to an aromatic ring is 1. The number of anilines is 3. The summed E-state index contributed by atoms with van der Waals surface area (Å²) < 4.78 is 18.6. The maximum atomic E-state index is 13.2. The summed E-state index contributed by atoms with van der Waals surface area (Å²) in [5.41, 5.74) is 8.35. The lowest BCUT2D eigenvalue weighted by atomic mass is 10.2. The number of nitrogens with two attached hydrogens (primary N) is 1. The fourth-order valence-corrected chi connectivity index (χ4v) is 1.86. The highest BCUT2D eigenvalue weighted by Crippen LogP contribution is 2.30. The zero-order valence-electron chi connectivity index (χ0n) is 9.48. The second-order valence-corrected chi connectivity index (χ2v) is 4.00. The maximum absolute atomic E-state index is 13.2. The average molecular weight is 242 g/mol. The molecule has 0 atom stereocenters. The monoisotopic (exact) mass is 242 g/mol. The summed E-state index contributed by atoms with van der Waals surface area (Å²) in [4.78, 5) is 0. The van der Waals surface area contributed by atoms with Gasteiger partial charge < -0.3 is 15.5 Å². The molecule has 0 saturated heterocycles. The van der Waals surface area contributed by atoms with Gasteiger partial charge in [-0.15, -0.1) is 0 Å². The fraction of sp³-hybridized carbons (Fsp3) is 0. The van der Waals surface area contributed by atoms with Crippen LogP contribution in [0, 0.1) is 5.82 Å². The van der Waals surface area contributed by atoms with Crippen LogP contribution < -0.4 is 11.1 Å². The number of hydrogen-bond donors (Lipinski definition) is 2. The third-order valence-electron chi connectivity index (χ3n) is 2.77. The molecule has 0 radical (unpaired) electrons. The molecule has 0 aliphatic rings. The summed E-state index contributed by atoms with van der Waals surface area (Å²) in [5.74, 6) is -0.334. The van der Waals surface area contributed by atoms with Crippen molar-refractivity contribution in [2.45, 2.75) is 0 Å². The number of fused-ring (bicyclic) bond motifs is 1. The van der Waals surface area contributed by atoms with E-state index in [1.165, 1.54) is 18.2 Å². The van der Waals surface area contributed by atoms with Gasteiger partial charge in [0, 0.05) is 5.39 Å². The Labute approximate surface area is 103 Å². The molecule has 4 heteroatoms. The van der Waals surface area contributed by atoms with Crippen LogP contribution in [-0.4, -0.2) is 0 Å². The highest BCUT2D eigenvalue weighted by molar-refractivity contribution is 5.93. The minimum absolute atomic E-state index is 0.334. The lowest BCUT2D eigenvalue weighted by molar-refractivity contribution is 0.617. The van der Waals surface area contributed by atoms with E-state index in [0.717, 1.165) is 16.7 Å². The van der Waals surface area contributed by atoms with Crippen LogP contribution >= 0.6 is 0 Å². The van der Waals surface area contributed by atoms with E-state index in [4.69, 9.17) is 10.2 Å². The summed E-state index contributed by atoms with van der Waals surface area (Å²) in [6.45, 7) is 0. The maximum Gasteiger partial charge on any atom is 0.136 e.